The molecule has 0 aliphatic carbocycles. The van der Waals surface area contributed by atoms with E-state index in [4.69, 9.17) is 10.00 Å². The van der Waals surface area contributed by atoms with Crippen LogP contribution < -0.4 is 5.32 Å². The molecule has 0 radical (unpaired) electrons. The molecule has 0 saturated heterocycles. The average Bonchev–Trinajstić information content (AvgIpc) is 2.61. The molecule has 0 aliphatic rings. The van der Waals surface area contributed by atoms with Gasteiger partial charge in [0, 0.05) is 11.8 Å². The van der Waals surface area contributed by atoms with Crippen molar-refractivity contribution in [2.45, 2.75) is 6.42 Å². The highest BCUT2D eigenvalue weighted by Gasteiger charge is 2.06. The number of anilines is 1. The van der Waals surface area contributed by atoms with E-state index in [1.54, 1.807) is 24.3 Å². The fourth-order valence-corrected chi connectivity index (χ4v) is 1.92. The predicted octanol–water partition coefficient (Wildman–Crippen LogP) is 3.09. The molecule has 0 spiro atoms. The first-order chi connectivity index (χ1) is 12.1. The zero-order chi connectivity index (χ0) is 18.1. The number of carbonyl (C=O) groups is 2. The highest BCUT2D eigenvalue weighted by Crippen LogP contribution is 2.10. The van der Waals surface area contributed by atoms with E-state index in [-0.39, 0.29) is 5.82 Å². The monoisotopic (exact) mass is 338 g/mol. The number of nitrogens with one attached hydrogen (secondary N) is 1. The molecular weight excluding hydrogens is 323 g/mol. The second-order valence-corrected chi connectivity index (χ2v) is 5.07. The molecule has 0 aromatic heterocycles. The first-order valence-electron chi connectivity index (χ1n) is 7.43. The van der Waals surface area contributed by atoms with E-state index in [1.165, 1.54) is 30.3 Å². The van der Waals surface area contributed by atoms with Gasteiger partial charge >= 0.3 is 5.97 Å². The highest BCUT2D eigenvalue weighted by atomic mass is 19.1. The highest BCUT2D eigenvalue weighted by molar-refractivity contribution is 5.94. The summed E-state index contributed by atoms with van der Waals surface area (Å²) in [6, 6.07) is 14.4. The molecule has 2 rings (SSSR count). The number of hydrogen-bond donors (Lipinski definition) is 1. The van der Waals surface area contributed by atoms with Crippen LogP contribution in [-0.4, -0.2) is 18.5 Å². The fourth-order valence-electron chi connectivity index (χ4n) is 1.92. The van der Waals surface area contributed by atoms with Gasteiger partial charge in [0.15, 0.2) is 6.61 Å². The van der Waals surface area contributed by atoms with Gasteiger partial charge in [0.2, 0.25) is 0 Å². The van der Waals surface area contributed by atoms with Gasteiger partial charge in [-0.3, -0.25) is 4.79 Å². The van der Waals surface area contributed by atoms with E-state index in [1.807, 2.05) is 6.07 Å². The van der Waals surface area contributed by atoms with Gasteiger partial charge < -0.3 is 10.1 Å². The molecule has 0 fully saturated rings. The lowest BCUT2D eigenvalue weighted by Crippen LogP contribution is -2.20. The molecule has 5 nitrogen and oxygen atoms in total. The van der Waals surface area contributed by atoms with Crippen molar-refractivity contribution in [1.82, 2.24) is 0 Å². The first-order valence-corrected chi connectivity index (χ1v) is 7.43. The molecular formula is C19H15FN2O3. The van der Waals surface area contributed by atoms with Crippen LogP contribution in [0.25, 0.3) is 6.08 Å². The Balaban J connectivity index is 1.78. The molecule has 0 atom stereocenters. The summed E-state index contributed by atoms with van der Waals surface area (Å²) >= 11 is 0. The Morgan fingerprint density at radius 1 is 1.12 bits per heavy atom. The minimum absolute atomic E-state index is 0.298. The van der Waals surface area contributed by atoms with Crippen LogP contribution in [0, 0.1) is 17.1 Å². The fraction of sp³-hybridized carbons (Fsp3) is 0.105. The lowest BCUT2D eigenvalue weighted by molar-refractivity contribution is -0.142. The Hall–Kier alpha value is -3.46. The summed E-state index contributed by atoms with van der Waals surface area (Å²) < 4.78 is 17.6. The lowest BCUT2D eigenvalue weighted by atomic mass is 10.1. The minimum Gasteiger partial charge on any atom is -0.452 e. The van der Waals surface area contributed by atoms with Crippen LogP contribution in [0.4, 0.5) is 10.1 Å². The first kappa shape index (κ1) is 17.9. The number of rotatable bonds is 6. The van der Waals surface area contributed by atoms with Crippen molar-refractivity contribution in [1.29, 1.82) is 5.26 Å². The molecule has 0 heterocycles. The third kappa shape index (κ3) is 6.28. The standard InChI is InChI=1S/C19H15FN2O3/c20-16-6-1-14(2-7-16)5-10-19(24)25-13-18(23)22-17-8-3-15(4-9-17)11-12-21/h1-10H,11,13H2,(H,22,23)/b10-5+. The average molecular weight is 338 g/mol. The van der Waals surface area contributed by atoms with Crippen molar-refractivity contribution >= 4 is 23.6 Å². The van der Waals surface area contributed by atoms with Crippen LogP contribution in [-0.2, 0) is 20.7 Å². The van der Waals surface area contributed by atoms with E-state index in [9.17, 15) is 14.0 Å². The maximum absolute atomic E-state index is 12.8. The zero-order valence-corrected chi connectivity index (χ0v) is 13.2. The number of benzene rings is 2. The van der Waals surface area contributed by atoms with Crippen LogP contribution >= 0.6 is 0 Å². The van der Waals surface area contributed by atoms with Gasteiger partial charge in [-0.1, -0.05) is 24.3 Å². The topological polar surface area (TPSA) is 79.2 Å². The molecule has 1 N–H and O–H groups in total. The van der Waals surface area contributed by atoms with Gasteiger partial charge in [-0.25, -0.2) is 9.18 Å². The van der Waals surface area contributed by atoms with Crippen LogP contribution in [0.2, 0.25) is 0 Å². The van der Waals surface area contributed by atoms with Crippen LogP contribution in [0.5, 0.6) is 0 Å². The van der Waals surface area contributed by atoms with Gasteiger partial charge in [-0.2, -0.15) is 5.26 Å². The summed E-state index contributed by atoms with van der Waals surface area (Å²) in [6.07, 6.45) is 2.93. The summed E-state index contributed by atoms with van der Waals surface area (Å²) in [4.78, 5) is 23.3. The molecule has 6 heteroatoms. The van der Waals surface area contributed by atoms with E-state index in [0.717, 1.165) is 11.6 Å². The van der Waals surface area contributed by atoms with Gasteiger partial charge in [0.25, 0.3) is 5.91 Å². The third-order valence-electron chi connectivity index (χ3n) is 3.15. The number of esters is 1. The molecule has 2 aromatic rings. The molecule has 0 unspecified atom stereocenters. The predicted molar refractivity (Wildman–Crippen MR) is 90.8 cm³/mol. The number of nitriles is 1. The third-order valence-corrected chi connectivity index (χ3v) is 3.15. The smallest absolute Gasteiger partial charge is 0.331 e. The Labute approximate surface area is 144 Å². The molecule has 2 aromatic carbocycles. The molecule has 126 valence electrons. The van der Waals surface area contributed by atoms with Gasteiger partial charge in [-0.15, -0.1) is 0 Å². The van der Waals surface area contributed by atoms with Gasteiger partial charge in [0.1, 0.15) is 5.82 Å². The number of amides is 1. The largest absolute Gasteiger partial charge is 0.452 e. The van der Waals surface area contributed by atoms with Crippen LogP contribution in [0.1, 0.15) is 11.1 Å². The number of hydrogen-bond acceptors (Lipinski definition) is 4. The van der Waals surface area contributed by atoms with E-state index in [0.29, 0.717) is 17.7 Å². The van der Waals surface area contributed by atoms with Crippen LogP contribution in [0.3, 0.4) is 0 Å². The maximum atomic E-state index is 12.8. The van der Waals surface area contributed by atoms with Gasteiger partial charge in [0.05, 0.1) is 12.5 Å². The normalized spacial score (nSPS) is 10.2. The SMILES string of the molecule is N#CCc1ccc(NC(=O)COC(=O)/C=C/c2ccc(F)cc2)cc1. The Bertz CT molecular complexity index is 806. The Morgan fingerprint density at radius 3 is 2.44 bits per heavy atom. The number of carbonyl (C=O) groups excluding carboxylic acids is 2. The zero-order valence-electron chi connectivity index (χ0n) is 13.2. The summed E-state index contributed by atoms with van der Waals surface area (Å²) in [7, 11) is 0. The summed E-state index contributed by atoms with van der Waals surface area (Å²) in [5.74, 6) is -1.52. The van der Waals surface area contributed by atoms with E-state index < -0.39 is 18.5 Å². The number of halogens is 1. The molecule has 0 bridgehead atoms. The van der Waals surface area contributed by atoms with Crippen molar-refractivity contribution in [3.8, 4) is 6.07 Å². The molecule has 25 heavy (non-hydrogen) atoms. The summed E-state index contributed by atoms with van der Waals surface area (Å²) in [5, 5.41) is 11.2. The van der Waals surface area contributed by atoms with E-state index >= 15 is 0 Å². The van der Waals surface area contributed by atoms with Crippen molar-refractivity contribution in [3.63, 3.8) is 0 Å². The second-order valence-electron chi connectivity index (χ2n) is 5.07. The lowest BCUT2D eigenvalue weighted by Gasteiger charge is -2.06. The molecule has 0 aliphatic heterocycles. The maximum Gasteiger partial charge on any atom is 0.331 e. The van der Waals surface area contributed by atoms with Crippen molar-refractivity contribution in [2.24, 2.45) is 0 Å². The van der Waals surface area contributed by atoms with Crippen molar-refractivity contribution in [2.75, 3.05) is 11.9 Å². The van der Waals surface area contributed by atoms with E-state index in [2.05, 4.69) is 5.32 Å². The van der Waals surface area contributed by atoms with Crippen molar-refractivity contribution < 1.29 is 18.7 Å². The Morgan fingerprint density at radius 2 is 1.80 bits per heavy atom. The van der Waals surface area contributed by atoms with Gasteiger partial charge in [-0.05, 0) is 41.5 Å². The Kier molecular flexibility index (Phi) is 6.43. The number of ether oxygens (including phenoxy) is 1. The minimum atomic E-state index is -0.677. The number of nitrogens with zero attached hydrogens (tertiary/aromatic N) is 1. The quantitative estimate of drug-likeness (QED) is 0.648. The summed E-state index contributed by atoms with van der Waals surface area (Å²) in [5.41, 5.74) is 2.03. The van der Waals surface area contributed by atoms with Crippen LogP contribution in [0.15, 0.2) is 54.6 Å². The second kappa shape index (κ2) is 8.99. The van der Waals surface area contributed by atoms with Crippen molar-refractivity contribution in [3.05, 3.63) is 71.6 Å². The molecule has 1 amide bonds. The molecule has 0 saturated carbocycles. The summed E-state index contributed by atoms with van der Waals surface area (Å²) in [6.45, 7) is -0.424.